The van der Waals surface area contributed by atoms with E-state index in [1.807, 2.05) is 51.1 Å². The summed E-state index contributed by atoms with van der Waals surface area (Å²) in [5, 5.41) is 11.2. The Hall–Kier alpha value is -2.22. The summed E-state index contributed by atoms with van der Waals surface area (Å²) in [5.41, 5.74) is 0.751. The van der Waals surface area contributed by atoms with Crippen LogP contribution in [0.4, 0.5) is 4.79 Å². The van der Waals surface area contributed by atoms with E-state index in [1.54, 1.807) is 0 Å². The van der Waals surface area contributed by atoms with E-state index in [0.717, 1.165) is 19.3 Å². The number of alkyl carbamates (subject to hydrolysis) is 1. The second kappa shape index (κ2) is 8.93. The molecule has 22 heavy (non-hydrogen) atoms. The molecule has 0 radical (unpaired) electrons. The van der Waals surface area contributed by atoms with Gasteiger partial charge in [0, 0.05) is 6.54 Å². The Morgan fingerprint density at radius 3 is 2.50 bits per heavy atom. The Morgan fingerprint density at radius 2 is 1.91 bits per heavy atom. The number of rotatable bonds is 7. The molecule has 0 heterocycles. The number of benzene rings is 1. The predicted octanol–water partition coefficient (Wildman–Crippen LogP) is 3.44. The molecule has 0 aliphatic carbocycles. The van der Waals surface area contributed by atoms with Crippen LogP contribution in [0.2, 0.25) is 0 Å². The first-order valence-electron chi connectivity index (χ1n) is 7.46. The van der Waals surface area contributed by atoms with Crippen molar-refractivity contribution in [3.63, 3.8) is 0 Å². The molecular weight excluding hydrogens is 280 g/mol. The normalized spacial score (nSPS) is 10.6. The molecular formula is C17H24N2O3. The topological polar surface area (TPSA) is 71.3 Å². The van der Waals surface area contributed by atoms with Crippen LogP contribution in [0.25, 0.3) is 0 Å². The number of unbranched alkanes of at least 4 members (excludes halogenated alkanes) is 1. The SMILES string of the molecule is CC(C)(C)OC(=O)NCCCCc1ccc(OCC#N)cc1. The summed E-state index contributed by atoms with van der Waals surface area (Å²) < 4.78 is 10.4. The number of carbonyl (C=O) groups excluding carboxylic acids is 1. The van der Waals surface area contributed by atoms with Gasteiger partial charge in [-0.05, 0) is 57.7 Å². The summed E-state index contributed by atoms with van der Waals surface area (Å²) in [5.74, 6) is 0.705. The average Bonchev–Trinajstić information content (AvgIpc) is 2.44. The van der Waals surface area contributed by atoms with Crippen LogP contribution in [0.5, 0.6) is 5.75 Å². The number of amides is 1. The van der Waals surface area contributed by atoms with Crippen LogP contribution in [0.15, 0.2) is 24.3 Å². The lowest BCUT2D eigenvalue weighted by Crippen LogP contribution is -2.33. The lowest BCUT2D eigenvalue weighted by atomic mass is 10.1. The predicted molar refractivity (Wildman–Crippen MR) is 84.7 cm³/mol. The Kier molecular flexibility index (Phi) is 7.24. The summed E-state index contributed by atoms with van der Waals surface area (Å²) in [6.45, 7) is 6.21. The summed E-state index contributed by atoms with van der Waals surface area (Å²) >= 11 is 0. The van der Waals surface area contributed by atoms with Gasteiger partial charge in [-0.15, -0.1) is 0 Å². The lowest BCUT2D eigenvalue weighted by Gasteiger charge is -2.19. The van der Waals surface area contributed by atoms with Crippen LogP contribution in [-0.4, -0.2) is 24.8 Å². The van der Waals surface area contributed by atoms with Crippen molar-refractivity contribution in [2.75, 3.05) is 13.2 Å². The van der Waals surface area contributed by atoms with Gasteiger partial charge >= 0.3 is 6.09 Å². The van der Waals surface area contributed by atoms with Crippen molar-refractivity contribution in [2.45, 2.75) is 45.6 Å². The van der Waals surface area contributed by atoms with Crippen molar-refractivity contribution >= 4 is 6.09 Å². The number of nitrogens with one attached hydrogen (secondary N) is 1. The first kappa shape index (κ1) is 17.8. The maximum Gasteiger partial charge on any atom is 0.407 e. The first-order chi connectivity index (χ1) is 10.4. The highest BCUT2D eigenvalue weighted by Gasteiger charge is 2.15. The number of hydrogen-bond donors (Lipinski definition) is 1. The van der Waals surface area contributed by atoms with Crippen molar-refractivity contribution in [1.82, 2.24) is 5.32 Å². The van der Waals surface area contributed by atoms with Crippen LogP contribution in [0, 0.1) is 11.3 Å². The number of nitriles is 1. The Morgan fingerprint density at radius 1 is 1.23 bits per heavy atom. The summed E-state index contributed by atoms with van der Waals surface area (Å²) in [6, 6.07) is 9.66. The highest BCUT2D eigenvalue weighted by atomic mass is 16.6. The zero-order chi connectivity index (χ0) is 16.4. The number of hydrogen-bond acceptors (Lipinski definition) is 4. The third-order valence-corrected chi connectivity index (χ3v) is 2.79. The van der Waals surface area contributed by atoms with E-state index < -0.39 is 5.60 Å². The van der Waals surface area contributed by atoms with Gasteiger partial charge in [0.15, 0.2) is 6.61 Å². The minimum atomic E-state index is -0.459. The molecule has 1 rings (SSSR count). The number of ether oxygens (including phenoxy) is 2. The van der Waals surface area contributed by atoms with Gasteiger partial charge in [0.05, 0.1) is 0 Å². The van der Waals surface area contributed by atoms with Crippen LogP contribution < -0.4 is 10.1 Å². The van der Waals surface area contributed by atoms with Crippen molar-refractivity contribution < 1.29 is 14.3 Å². The molecule has 1 amide bonds. The molecule has 0 unspecified atom stereocenters. The molecule has 0 fully saturated rings. The lowest BCUT2D eigenvalue weighted by molar-refractivity contribution is 0.0527. The third kappa shape index (κ3) is 8.15. The molecule has 120 valence electrons. The van der Waals surface area contributed by atoms with Gasteiger partial charge in [-0.25, -0.2) is 4.79 Å². The van der Waals surface area contributed by atoms with Crippen LogP contribution in [0.1, 0.15) is 39.2 Å². The maximum absolute atomic E-state index is 11.4. The van der Waals surface area contributed by atoms with E-state index in [1.165, 1.54) is 5.56 Å². The van der Waals surface area contributed by atoms with Gasteiger partial charge < -0.3 is 14.8 Å². The van der Waals surface area contributed by atoms with Gasteiger partial charge in [0.2, 0.25) is 0 Å². The first-order valence-corrected chi connectivity index (χ1v) is 7.46. The number of nitrogens with zero attached hydrogens (tertiary/aromatic N) is 1. The third-order valence-electron chi connectivity index (χ3n) is 2.79. The fourth-order valence-corrected chi connectivity index (χ4v) is 1.83. The highest BCUT2D eigenvalue weighted by Crippen LogP contribution is 2.13. The summed E-state index contributed by atoms with van der Waals surface area (Å²) in [7, 11) is 0. The molecule has 0 atom stereocenters. The zero-order valence-electron chi connectivity index (χ0n) is 13.5. The van der Waals surface area contributed by atoms with Gasteiger partial charge in [-0.3, -0.25) is 0 Å². The zero-order valence-corrected chi connectivity index (χ0v) is 13.5. The monoisotopic (exact) mass is 304 g/mol. The van der Waals surface area contributed by atoms with Crippen LogP contribution in [0.3, 0.4) is 0 Å². The van der Waals surface area contributed by atoms with Crippen molar-refractivity contribution in [2.24, 2.45) is 0 Å². The molecule has 1 aromatic carbocycles. The Labute approximate surface area is 132 Å². The molecule has 0 spiro atoms. The molecule has 0 aromatic heterocycles. The minimum Gasteiger partial charge on any atom is -0.479 e. The van der Waals surface area contributed by atoms with Gasteiger partial charge in [0.25, 0.3) is 0 Å². The number of carbonyl (C=O) groups is 1. The van der Waals surface area contributed by atoms with Gasteiger partial charge in [-0.2, -0.15) is 5.26 Å². The standard InChI is InChI=1S/C17H24N2O3/c1-17(2,3)22-16(20)19-12-5-4-6-14-7-9-15(10-8-14)21-13-11-18/h7-10H,4-6,12-13H2,1-3H3,(H,19,20). The van der Waals surface area contributed by atoms with E-state index >= 15 is 0 Å². The van der Waals surface area contributed by atoms with E-state index in [4.69, 9.17) is 14.7 Å². The van der Waals surface area contributed by atoms with E-state index in [-0.39, 0.29) is 12.7 Å². The molecule has 0 saturated heterocycles. The molecule has 5 heteroatoms. The molecule has 0 bridgehead atoms. The Balaban J connectivity index is 2.17. The fourth-order valence-electron chi connectivity index (χ4n) is 1.83. The Bertz CT molecular complexity index is 498. The molecule has 0 saturated carbocycles. The van der Waals surface area contributed by atoms with Crippen LogP contribution >= 0.6 is 0 Å². The van der Waals surface area contributed by atoms with E-state index in [0.29, 0.717) is 12.3 Å². The van der Waals surface area contributed by atoms with Crippen molar-refractivity contribution in [3.05, 3.63) is 29.8 Å². The largest absolute Gasteiger partial charge is 0.479 e. The van der Waals surface area contributed by atoms with Crippen molar-refractivity contribution in [1.29, 1.82) is 5.26 Å². The minimum absolute atomic E-state index is 0.0652. The quantitative estimate of drug-likeness (QED) is 0.783. The van der Waals surface area contributed by atoms with Crippen molar-refractivity contribution in [3.8, 4) is 11.8 Å². The molecule has 0 aliphatic rings. The number of aryl methyl sites for hydroxylation is 1. The molecule has 0 aliphatic heterocycles. The van der Waals surface area contributed by atoms with Crippen LogP contribution in [-0.2, 0) is 11.2 Å². The summed E-state index contributed by atoms with van der Waals surface area (Å²) in [4.78, 5) is 11.4. The smallest absolute Gasteiger partial charge is 0.407 e. The second-order valence-corrected chi connectivity index (χ2v) is 5.98. The second-order valence-electron chi connectivity index (χ2n) is 5.98. The van der Waals surface area contributed by atoms with Gasteiger partial charge in [0.1, 0.15) is 17.4 Å². The van der Waals surface area contributed by atoms with E-state index in [9.17, 15) is 4.79 Å². The fraction of sp³-hybridized carbons (Fsp3) is 0.529. The molecule has 1 aromatic rings. The molecule has 5 nitrogen and oxygen atoms in total. The molecule has 1 N–H and O–H groups in total. The maximum atomic E-state index is 11.4. The van der Waals surface area contributed by atoms with E-state index in [2.05, 4.69) is 5.32 Å². The summed E-state index contributed by atoms with van der Waals surface area (Å²) in [6.07, 6.45) is 2.45. The van der Waals surface area contributed by atoms with Gasteiger partial charge in [-0.1, -0.05) is 12.1 Å². The average molecular weight is 304 g/mol. The highest BCUT2D eigenvalue weighted by molar-refractivity contribution is 5.67.